The first-order valence-corrected chi connectivity index (χ1v) is 10.8. The average molecular weight is 452 g/mol. The predicted octanol–water partition coefficient (Wildman–Crippen LogP) is 2.79. The molecule has 3 aromatic rings. The Hall–Kier alpha value is -2.50. The molecule has 0 unspecified atom stereocenters. The largest absolute Gasteiger partial charge is 0.324 e. The number of aromatic nitrogens is 5. The van der Waals surface area contributed by atoms with E-state index in [0.29, 0.717) is 26.8 Å². The van der Waals surface area contributed by atoms with E-state index in [1.54, 1.807) is 35.9 Å². The highest BCUT2D eigenvalue weighted by molar-refractivity contribution is 7.99. The van der Waals surface area contributed by atoms with Gasteiger partial charge in [-0.3, -0.25) is 14.9 Å². The van der Waals surface area contributed by atoms with Gasteiger partial charge < -0.3 is 9.88 Å². The molecule has 2 N–H and O–H groups in total. The lowest BCUT2D eigenvalue weighted by Crippen LogP contribution is -2.17. The second-order valence-electron chi connectivity index (χ2n) is 5.85. The van der Waals surface area contributed by atoms with Crippen LogP contribution < -0.4 is 10.6 Å². The van der Waals surface area contributed by atoms with Crippen molar-refractivity contribution >= 4 is 57.3 Å². The van der Waals surface area contributed by atoms with E-state index in [0.717, 1.165) is 11.4 Å². The number of benzene rings is 1. The number of hydrogen-bond donors (Lipinski definition) is 2. The van der Waals surface area contributed by atoms with Gasteiger partial charge in [-0.25, -0.2) is 0 Å². The van der Waals surface area contributed by atoms with E-state index in [1.165, 1.54) is 23.1 Å². The van der Waals surface area contributed by atoms with Crippen molar-refractivity contribution in [2.75, 3.05) is 16.4 Å². The first-order chi connectivity index (χ1) is 14.0. The van der Waals surface area contributed by atoms with Crippen molar-refractivity contribution in [2.24, 2.45) is 7.05 Å². The zero-order chi connectivity index (χ0) is 20.8. The monoisotopic (exact) mass is 451 g/mol. The van der Waals surface area contributed by atoms with Crippen molar-refractivity contribution in [1.82, 2.24) is 25.0 Å². The van der Waals surface area contributed by atoms with Crippen LogP contribution in [0.1, 0.15) is 17.8 Å². The molecular formula is C17H18ClN7O2S2. The fourth-order valence-electron chi connectivity index (χ4n) is 2.26. The summed E-state index contributed by atoms with van der Waals surface area (Å²) in [6.45, 7) is 1.97. The molecule has 0 spiro atoms. The summed E-state index contributed by atoms with van der Waals surface area (Å²) >= 11 is 8.62. The van der Waals surface area contributed by atoms with Crippen LogP contribution >= 0.6 is 34.7 Å². The summed E-state index contributed by atoms with van der Waals surface area (Å²) < 4.78 is 1.68. The summed E-state index contributed by atoms with van der Waals surface area (Å²) in [7, 11) is 1.75. The van der Waals surface area contributed by atoms with Crippen molar-refractivity contribution < 1.29 is 9.59 Å². The molecule has 0 saturated carbocycles. The lowest BCUT2D eigenvalue weighted by molar-refractivity contribution is -0.116. The van der Waals surface area contributed by atoms with Gasteiger partial charge in [0, 0.05) is 7.05 Å². The summed E-state index contributed by atoms with van der Waals surface area (Å²) in [5.74, 6) is 0.147. The van der Waals surface area contributed by atoms with Gasteiger partial charge in [-0.05, 0) is 18.6 Å². The van der Waals surface area contributed by atoms with Gasteiger partial charge in [-0.1, -0.05) is 53.8 Å². The molecule has 0 radical (unpaired) electrons. The topological polar surface area (TPSA) is 115 Å². The third-order valence-electron chi connectivity index (χ3n) is 3.74. The smallest absolute Gasteiger partial charge is 0.236 e. The first-order valence-electron chi connectivity index (χ1n) is 8.64. The number of para-hydroxylation sites is 1. The number of anilines is 2. The molecular weight excluding hydrogens is 434 g/mol. The third kappa shape index (κ3) is 5.75. The van der Waals surface area contributed by atoms with Crippen LogP contribution in [0.15, 0.2) is 29.4 Å². The van der Waals surface area contributed by atoms with Crippen molar-refractivity contribution in [3.8, 4) is 0 Å². The maximum atomic E-state index is 12.3. The Morgan fingerprint density at radius 2 is 1.93 bits per heavy atom. The lowest BCUT2D eigenvalue weighted by atomic mass is 10.3. The van der Waals surface area contributed by atoms with E-state index < -0.39 is 0 Å². The van der Waals surface area contributed by atoms with Gasteiger partial charge >= 0.3 is 0 Å². The number of aryl methyl sites for hydroxylation is 1. The van der Waals surface area contributed by atoms with Gasteiger partial charge in [0.25, 0.3) is 0 Å². The molecule has 1 aromatic carbocycles. The van der Waals surface area contributed by atoms with Gasteiger partial charge in [0.05, 0.1) is 22.9 Å². The normalized spacial score (nSPS) is 10.7. The maximum Gasteiger partial charge on any atom is 0.236 e. The standard InChI is InChI=1S/C17H18ClN7O2S2/c1-3-15-22-23-16(29-15)20-14(27)9-28-17-24-21-12(25(17)2)8-13(26)19-11-7-5-4-6-10(11)18/h4-7H,3,8-9H2,1-2H3,(H,19,26)(H,20,23,27). The van der Waals surface area contributed by atoms with Crippen LogP contribution in [0.4, 0.5) is 10.8 Å². The summed E-state index contributed by atoms with van der Waals surface area (Å²) in [6.07, 6.45) is 0.806. The predicted molar refractivity (Wildman–Crippen MR) is 113 cm³/mol. The molecule has 29 heavy (non-hydrogen) atoms. The number of amides is 2. The molecule has 0 aliphatic heterocycles. The molecule has 0 atom stereocenters. The Morgan fingerprint density at radius 1 is 1.14 bits per heavy atom. The number of nitrogens with zero attached hydrogens (tertiary/aromatic N) is 5. The molecule has 0 saturated heterocycles. The second kappa shape index (κ2) is 9.81. The van der Waals surface area contributed by atoms with Crippen molar-refractivity contribution in [3.63, 3.8) is 0 Å². The lowest BCUT2D eigenvalue weighted by Gasteiger charge is -2.07. The average Bonchev–Trinajstić information content (AvgIpc) is 3.29. The van der Waals surface area contributed by atoms with Gasteiger partial charge in [0.1, 0.15) is 10.8 Å². The van der Waals surface area contributed by atoms with Crippen LogP contribution in [0.3, 0.4) is 0 Å². The maximum absolute atomic E-state index is 12.3. The van der Waals surface area contributed by atoms with E-state index in [-0.39, 0.29) is 24.0 Å². The van der Waals surface area contributed by atoms with Gasteiger partial charge in [0.15, 0.2) is 5.16 Å². The van der Waals surface area contributed by atoms with Crippen LogP contribution in [0, 0.1) is 0 Å². The van der Waals surface area contributed by atoms with Gasteiger partial charge in [-0.15, -0.1) is 20.4 Å². The van der Waals surface area contributed by atoms with Crippen molar-refractivity contribution in [1.29, 1.82) is 0 Å². The highest BCUT2D eigenvalue weighted by atomic mass is 35.5. The molecule has 2 aromatic heterocycles. The molecule has 0 aliphatic rings. The molecule has 9 nitrogen and oxygen atoms in total. The fourth-order valence-corrected chi connectivity index (χ4v) is 3.87. The Bertz CT molecular complexity index is 1020. The number of carbonyl (C=O) groups is 2. The number of halogens is 1. The highest BCUT2D eigenvalue weighted by Gasteiger charge is 2.16. The van der Waals surface area contributed by atoms with Crippen LogP contribution in [0.25, 0.3) is 0 Å². The molecule has 0 fully saturated rings. The summed E-state index contributed by atoms with van der Waals surface area (Å²) in [5.41, 5.74) is 0.538. The van der Waals surface area contributed by atoms with Crippen molar-refractivity contribution in [3.05, 3.63) is 40.1 Å². The summed E-state index contributed by atoms with van der Waals surface area (Å²) in [4.78, 5) is 24.3. The Kier molecular flexibility index (Phi) is 7.18. The summed E-state index contributed by atoms with van der Waals surface area (Å²) in [5, 5.41) is 23.8. The fraction of sp³-hybridized carbons (Fsp3) is 0.294. The highest BCUT2D eigenvalue weighted by Crippen LogP contribution is 2.21. The molecule has 12 heteroatoms. The van der Waals surface area contributed by atoms with E-state index >= 15 is 0 Å². The van der Waals surface area contributed by atoms with Crippen LogP contribution in [0.5, 0.6) is 0 Å². The van der Waals surface area contributed by atoms with E-state index in [1.807, 2.05) is 6.92 Å². The minimum Gasteiger partial charge on any atom is -0.324 e. The molecule has 2 heterocycles. The molecule has 152 valence electrons. The minimum atomic E-state index is -0.258. The molecule has 0 bridgehead atoms. The Morgan fingerprint density at radius 3 is 2.66 bits per heavy atom. The number of carbonyl (C=O) groups excluding carboxylic acids is 2. The molecule has 0 aliphatic carbocycles. The van der Waals surface area contributed by atoms with Crippen LogP contribution in [0.2, 0.25) is 5.02 Å². The number of rotatable bonds is 8. The van der Waals surface area contributed by atoms with E-state index in [2.05, 4.69) is 31.0 Å². The number of thioether (sulfide) groups is 1. The van der Waals surface area contributed by atoms with E-state index in [4.69, 9.17) is 11.6 Å². The van der Waals surface area contributed by atoms with Crippen LogP contribution in [-0.2, 0) is 29.5 Å². The van der Waals surface area contributed by atoms with E-state index in [9.17, 15) is 9.59 Å². The quantitative estimate of drug-likeness (QED) is 0.506. The first kappa shape index (κ1) is 21.2. The summed E-state index contributed by atoms with van der Waals surface area (Å²) in [6, 6.07) is 6.99. The molecule has 2 amide bonds. The SMILES string of the molecule is CCc1nnc(NC(=O)CSc2nnc(CC(=O)Nc3ccccc3Cl)n2C)s1. The number of nitrogens with one attached hydrogen (secondary N) is 2. The van der Waals surface area contributed by atoms with Crippen LogP contribution in [-0.4, -0.2) is 42.5 Å². The zero-order valence-electron chi connectivity index (χ0n) is 15.7. The third-order valence-corrected chi connectivity index (χ3v) is 6.07. The number of hydrogen-bond acceptors (Lipinski definition) is 8. The molecule has 3 rings (SSSR count). The minimum absolute atomic E-state index is 0.0338. The van der Waals surface area contributed by atoms with Gasteiger partial charge in [-0.2, -0.15) is 0 Å². The second-order valence-corrected chi connectivity index (χ2v) is 8.27. The van der Waals surface area contributed by atoms with Gasteiger partial charge in [0.2, 0.25) is 16.9 Å². The Balaban J connectivity index is 1.52. The van der Waals surface area contributed by atoms with Crippen molar-refractivity contribution in [2.45, 2.75) is 24.9 Å². The zero-order valence-corrected chi connectivity index (χ0v) is 18.1. The Labute approximate surface area is 180 Å².